The molecule has 4 nitrogen and oxygen atoms in total. The third-order valence-corrected chi connectivity index (χ3v) is 5.62. The molecule has 3 heterocycles. The molecule has 2 atom stereocenters. The number of hydrogen-bond acceptors (Lipinski definition) is 4. The normalized spacial score (nSPS) is 29.4. The van der Waals surface area contributed by atoms with Crippen LogP contribution in [0.1, 0.15) is 5.56 Å². The number of nitrogens with one attached hydrogen (secondary N) is 1. The highest BCUT2D eigenvalue weighted by Gasteiger charge is 2.36. The lowest BCUT2D eigenvalue weighted by molar-refractivity contribution is -0.00204. The number of benzene rings is 1. The average Bonchev–Trinajstić information content (AvgIpc) is 2.55. The average molecular weight is 354 g/mol. The maximum Gasteiger partial charge on any atom is 0.119 e. The van der Waals surface area contributed by atoms with Crippen molar-refractivity contribution in [2.45, 2.75) is 18.5 Å². The number of rotatable bonds is 5. The van der Waals surface area contributed by atoms with Crippen molar-refractivity contribution in [3.63, 3.8) is 0 Å². The summed E-state index contributed by atoms with van der Waals surface area (Å²) < 4.78 is 6.53. The SMILES string of the molecule is CNC(Cc1cc(OC)ccc1Br)C1CN2CCN1CC2. The number of fused-ring (bicyclic) bond motifs is 3. The number of nitrogens with zero attached hydrogens (tertiary/aromatic N) is 2. The van der Waals surface area contributed by atoms with Gasteiger partial charge in [-0.2, -0.15) is 0 Å². The van der Waals surface area contributed by atoms with Crippen LogP contribution in [0.4, 0.5) is 0 Å². The highest BCUT2D eigenvalue weighted by Crippen LogP contribution is 2.26. The third kappa shape index (κ3) is 3.26. The van der Waals surface area contributed by atoms with E-state index >= 15 is 0 Å². The van der Waals surface area contributed by atoms with Gasteiger partial charge in [0.1, 0.15) is 5.75 Å². The summed E-state index contributed by atoms with van der Waals surface area (Å²) in [7, 11) is 3.80. The summed E-state index contributed by atoms with van der Waals surface area (Å²) in [6.45, 7) is 6.07. The molecule has 21 heavy (non-hydrogen) atoms. The molecule has 1 N–H and O–H groups in total. The maximum atomic E-state index is 5.36. The van der Waals surface area contributed by atoms with Crippen molar-refractivity contribution in [2.75, 3.05) is 46.9 Å². The zero-order chi connectivity index (χ0) is 14.8. The van der Waals surface area contributed by atoms with E-state index in [9.17, 15) is 0 Å². The second kappa shape index (κ2) is 6.65. The van der Waals surface area contributed by atoms with Crippen molar-refractivity contribution < 1.29 is 4.74 Å². The lowest BCUT2D eigenvalue weighted by Gasteiger charge is -2.50. The van der Waals surface area contributed by atoms with Gasteiger partial charge in [-0.15, -0.1) is 0 Å². The molecule has 0 saturated carbocycles. The van der Waals surface area contributed by atoms with Crippen LogP contribution >= 0.6 is 15.9 Å². The van der Waals surface area contributed by atoms with Crippen molar-refractivity contribution >= 4 is 15.9 Å². The Balaban J connectivity index is 1.75. The van der Waals surface area contributed by atoms with E-state index in [1.807, 2.05) is 6.07 Å². The van der Waals surface area contributed by atoms with E-state index in [0.29, 0.717) is 12.1 Å². The zero-order valence-corrected chi connectivity index (χ0v) is 14.4. The number of piperazine rings is 3. The zero-order valence-electron chi connectivity index (χ0n) is 12.8. The predicted octanol–water partition coefficient (Wildman–Crippen LogP) is 1.59. The van der Waals surface area contributed by atoms with Crippen LogP contribution in [-0.2, 0) is 6.42 Å². The summed E-state index contributed by atoms with van der Waals surface area (Å²) in [5.74, 6) is 0.928. The molecule has 1 aromatic carbocycles. The molecule has 0 amide bonds. The van der Waals surface area contributed by atoms with Gasteiger partial charge in [-0.3, -0.25) is 9.80 Å². The lowest BCUT2D eigenvalue weighted by Crippen LogP contribution is -2.66. The molecule has 5 heteroatoms. The van der Waals surface area contributed by atoms with Gasteiger partial charge in [-0.25, -0.2) is 0 Å². The molecule has 0 radical (unpaired) electrons. The Bertz CT molecular complexity index is 488. The van der Waals surface area contributed by atoms with E-state index in [4.69, 9.17) is 4.74 Å². The molecule has 0 aliphatic carbocycles. The van der Waals surface area contributed by atoms with E-state index in [0.717, 1.165) is 12.2 Å². The minimum absolute atomic E-state index is 0.469. The third-order valence-electron chi connectivity index (χ3n) is 4.85. The fourth-order valence-electron chi connectivity index (χ4n) is 3.54. The van der Waals surface area contributed by atoms with Crippen molar-refractivity contribution in [1.29, 1.82) is 0 Å². The fraction of sp³-hybridized carbons (Fsp3) is 0.625. The topological polar surface area (TPSA) is 27.7 Å². The maximum absolute atomic E-state index is 5.36. The first-order chi connectivity index (χ1) is 10.2. The van der Waals surface area contributed by atoms with E-state index in [-0.39, 0.29) is 0 Å². The highest BCUT2D eigenvalue weighted by atomic mass is 79.9. The number of methoxy groups -OCH3 is 1. The van der Waals surface area contributed by atoms with E-state index in [2.05, 4.69) is 50.2 Å². The van der Waals surface area contributed by atoms with Gasteiger partial charge in [0.05, 0.1) is 7.11 Å². The molecule has 1 aromatic rings. The first kappa shape index (κ1) is 15.3. The van der Waals surface area contributed by atoms with E-state index in [1.165, 1.54) is 42.8 Å². The summed E-state index contributed by atoms with van der Waals surface area (Å²) in [4.78, 5) is 5.24. The predicted molar refractivity (Wildman–Crippen MR) is 89.0 cm³/mol. The lowest BCUT2D eigenvalue weighted by atomic mass is 9.94. The van der Waals surface area contributed by atoms with Crippen LogP contribution in [0.15, 0.2) is 22.7 Å². The Morgan fingerprint density at radius 3 is 2.67 bits per heavy atom. The molecule has 3 fully saturated rings. The molecular weight excluding hydrogens is 330 g/mol. The van der Waals surface area contributed by atoms with Crippen LogP contribution in [0.25, 0.3) is 0 Å². The van der Waals surface area contributed by atoms with E-state index in [1.54, 1.807) is 7.11 Å². The number of halogens is 1. The van der Waals surface area contributed by atoms with Crippen LogP contribution in [-0.4, -0.2) is 68.8 Å². The summed E-state index contributed by atoms with van der Waals surface area (Å²) in [5.41, 5.74) is 1.31. The number of likely N-dealkylation sites (N-methyl/N-ethyl adjacent to an activating group) is 1. The van der Waals surface area contributed by atoms with Crippen LogP contribution in [0, 0.1) is 0 Å². The Morgan fingerprint density at radius 1 is 1.33 bits per heavy atom. The van der Waals surface area contributed by atoms with Gasteiger partial charge >= 0.3 is 0 Å². The van der Waals surface area contributed by atoms with Gasteiger partial charge in [-0.1, -0.05) is 15.9 Å². The van der Waals surface area contributed by atoms with Crippen molar-refractivity contribution in [1.82, 2.24) is 15.1 Å². The Morgan fingerprint density at radius 2 is 2.10 bits per heavy atom. The summed E-state index contributed by atoms with van der Waals surface area (Å²) in [6, 6.07) is 7.30. The molecule has 116 valence electrons. The molecule has 3 saturated heterocycles. The number of ether oxygens (including phenoxy) is 1. The molecule has 0 aromatic heterocycles. The first-order valence-corrected chi connectivity index (χ1v) is 8.46. The smallest absolute Gasteiger partial charge is 0.119 e. The summed E-state index contributed by atoms with van der Waals surface area (Å²) >= 11 is 3.67. The quantitative estimate of drug-likeness (QED) is 0.869. The first-order valence-electron chi connectivity index (χ1n) is 7.67. The van der Waals surface area contributed by atoms with Crippen molar-refractivity contribution in [2.24, 2.45) is 0 Å². The molecular formula is C16H24BrN3O. The largest absolute Gasteiger partial charge is 0.497 e. The minimum atomic E-state index is 0.469. The van der Waals surface area contributed by atoms with Gasteiger partial charge in [0.15, 0.2) is 0 Å². The van der Waals surface area contributed by atoms with Gasteiger partial charge in [0.2, 0.25) is 0 Å². The minimum Gasteiger partial charge on any atom is -0.497 e. The molecule has 3 aliphatic heterocycles. The van der Waals surface area contributed by atoms with Crippen LogP contribution in [0.5, 0.6) is 5.75 Å². The second-order valence-electron chi connectivity index (χ2n) is 5.96. The van der Waals surface area contributed by atoms with Gasteiger partial charge in [-0.05, 0) is 37.2 Å². The molecule has 4 rings (SSSR count). The van der Waals surface area contributed by atoms with Crippen LogP contribution in [0.2, 0.25) is 0 Å². The standard InChI is InChI=1S/C16H24BrN3O/c1-18-15(16-11-19-5-7-20(16)8-6-19)10-12-9-13(21-2)3-4-14(12)17/h3-4,9,15-16,18H,5-8,10-11H2,1-2H3. The Labute approximate surface area is 135 Å². The highest BCUT2D eigenvalue weighted by molar-refractivity contribution is 9.10. The Kier molecular flexibility index (Phi) is 4.84. The van der Waals surface area contributed by atoms with Gasteiger partial charge < -0.3 is 10.1 Å². The summed E-state index contributed by atoms with van der Waals surface area (Å²) in [6.07, 6.45) is 1.02. The molecule has 2 unspecified atom stereocenters. The van der Waals surface area contributed by atoms with Crippen molar-refractivity contribution in [3.8, 4) is 5.75 Å². The monoisotopic (exact) mass is 353 g/mol. The van der Waals surface area contributed by atoms with Gasteiger partial charge in [0.25, 0.3) is 0 Å². The van der Waals surface area contributed by atoms with Crippen LogP contribution in [0.3, 0.4) is 0 Å². The van der Waals surface area contributed by atoms with E-state index < -0.39 is 0 Å². The number of hydrogen-bond donors (Lipinski definition) is 1. The second-order valence-corrected chi connectivity index (χ2v) is 6.81. The molecule has 3 aliphatic rings. The molecule has 0 spiro atoms. The van der Waals surface area contributed by atoms with Crippen LogP contribution < -0.4 is 10.1 Å². The fourth-order valence-corrected chi connectivity index (χ4v) is 3.95. The van der Waals surface area contributed by atoms with Gasteiger partial charge in [0, 0.05) is 49.3 Å². The Hall–Kier alpha value is -0.620. The summed E-state index contributed by atoms with van der Waals surface area (Å²) in [5, 5.41) is 3.54. The van der Waals surface area contributed by atoms with Crippen molar-refractivity contribution in [3.05, 3.63) is 28.2 Å². The molecule has 2 bridgehead atoms.